The Morgan fingerprint density at radius 1 is 1.25 bits per heavy atom. The number of carboxylic acids is 1. The summed E-state index contributed by atoms with van der Waals surface area (Å²) in [6.07, 6.45) is 2.23. The van der Waals surface area contributed by atoms with Crippen molar-refractivity contribution in [3.05, 3.63) is 86.6 Å². The maximum Gasteiger partial charge on any atom is 0.336 e. The van der Waals surface area contributed by atoms with Crippen LogP contribution in [0.4, 0.5) is 0 Å². The molecule has 4 rings (SSSR count). The zero-order valence-electron chi connectivity index (χ0n) is 17.4. The molecule has 1 atom stereocenters. The van der Waals surface area contributed by atoms with Gasteiger partial charge in [-0.05, 0) is 42.8 Å². The first kappa shape index (κ1) is 21.7. The molecule has 0 radical (unpaired) electrons. The van der Waals surface area contributed by atoms with Crippen LogP contribution in [0.15, 0.2) is 73.4 Å². The van der Waals surface area contributed by atoms with Gasteiger partial charge in [-0.1, -0.05) is 48.0 Å². The second-order valence-electron chi connectivity index (χ2n) is 7.36. The van der Waals surface area contributed by atoms with Crippen molar-refractivity contribution in [1.82, 2.24) is 9.66 Å². The summed E-state index contributed by atoms with van der Waals surface area (Å²) in [6, 6.07) is 15.3. The van der Waals surface area contributed by atoms with Gasteiger partial charge in [0.1, 0.15) is 17.3 Å². The Bertz CT molecular complexity index is 1400. The van der Waals surface area contributed by atoms with Gasteiger partial charge in [-0.2, -0.15) is 9.78 Å². The number of aromatic nitrogens is 2. The largest absolute Gasteiger partial charge is 0.478 e. The van der Waals surface area contributed by atoms with Crippen molar-refractivity contribution in [3.63, 3.8) is 0 Å². The second-order valence-corrected chi connectivity index (χ2v) is 8.27. The number of hydrogen-bond acceptors (Lipinski definition) is 5. The SMILES string of the molecule is CC[C@H](C)c1nc2ccc(Br)cc2c(=O)n1N=Cc1ccc(-c2ccccc2C(=O)O)o1. The van der Waals surface area contributed by atoms with E-state index in [2.05, 4.69) is 26.0 Å². The monoisotopic (exact) mass is 493 g/mol. The molecule has 0 spiro atoms. The van der Waals surface area contributed by atoms with Crippen molar-refractivity contribution in [2.24, 2.45) is 5.10 Å². The van der Waals surface area contributed by atoms with Crippen LogP contribution in [-0.4, -0.2) is 27.0 Å². The predicted molar refractivity (Wildman–Crippen MR) is 127 cm³/mol. The van der Waals surface area contributed by atoms with Crippen LogP contribution in [-0.2, 0) is 0 Å². The van der Waals surface area contributed by atoms with E-state index < -0.39 is 5.97 Å². The molecule has 0 aliphatic rings. The molecule has 2 aromatic heterocycles. The average Bonchev–Trinajstić information content (AvgIpc) is 3.27. The minimum Gasteiger partial charge on any atom is -0.478 e. The Balaban J connectivity index is 1.77. The summed E-state index contributed by atoms with van der Waals surface area (Å²) >= 11 is 3.40. The molecular weight excluding hydrogens is 474 g/mol. The summed E-state index contributed by atoms with van der Waals surface area (Å²) in [6.45, 7) is 4.02. The van der Waals surface area contributed by atoms with Crippen LogP contribution in [0, 0.1) is 0 Å². The van der Waals surface area contributed by atoms with E-state index in [1.165, 1.54) is 17.0 Å². The number of fused-ring (bicyclic) bond motifs is 1. The molecule has 0 fully saturated rings. The Kier molecular flexibility index (Phi) is 6.05. The van der Waals surface area contributed by atoms with Gasteiger partial charge in [0.25, 0.3) is 5.56 Å². The first-order valence-corrected chi connectivity index (χ1v) is 10.9. The third kappa shape index (κ3) is 4.13. The van der Waals surface area contributed by atoms with Crippen molar-refractivity contribution >= 4 is 39.0 Å². The van der Waals surface area contributed by atoms with E-state index in [9.17, 15) is 14.7 Å². The molecule has 0 unspecified atom stereocenters. The van der Waals surface area contributed by atoms with Gasteiger partial charge in [-0.15, -0.1) is 0 Å². The summed E-state index contributed by atoms with van der Waals surface area (Å²) in [5.41, 5.74) is 0.954. The van der Waals surface area contributed by atoms with Gasteiger partial charge in [-0.3, -0.25) is 4.79 Å². The topological polar surface area (TPSA) is 97.7 Å². The van der Waals surface area contributed by atoms with Crippen LogP contribution in [0.25, 0.3) is 22.2 Å². The summed E-state index contributed by atoms with van der Waals surface area (Å²) in [4.78, 5) is 29.4. The van der Waals surface area contributed by atoms with Crippen molar-refractivity contribution in [2.45, 2.75) is 26.2 Å². The minimum atomic E-state index is -1.04. The molecule has 8 heteroatoms. The average molecular weight is 494 g/mol. The highest BCUT2D eigenvalue weighted by atomic mass is 79.9. The van der Waals surface area contributed by atoms with Gasteiger partial charge in [0.15, 0.2) is 0 Å². The van der Waals surface area contributed by atoms with Gasteiger partial charge < -0.3 is 9.52 Å². The maximum atomic E-state index is 13.2. The predicted octanol–water partition coefficient (Wildman–Crippen LogP) is 5.51. The quantitative estimate of drug-likeness (QED) is 0.357. The zero-order chi connectivity index (χ0) is 22.8. The summed E-state index contributed by atoms with van der Waals surface area (Å²) in [5, 5.41) is 14.3. The molecule has 32 heavy (non-hydrogen) atoms. The maximum absolute atomic E-state index is 13.2. The lowest BCUT2D eigenvalue weighted by molar-refractivity contribution is 0.0697. The number of benzene rings is 2. The van der Waals surface area contributed by atoms with Gasteiger partial charge >= 0.3 is 5.97 Å². The summed E-state index contributed by atoms with van der Waals surface area (Å²) < 4.78 is 7.88. The Morgan fingerprint density at radius 3 is 2.78 bits per heavy atom. The molecule has 2 heterocycles. The van der Waals surface area contributed by atoms with Crippen LogP contribution in [0.1, 0.15) is 48.1 Å². The van der Waals surface area contributed by atoms with Crippen LogP contribution < -0.4 is 5.56 Å². The fourth-order valence-corrected chi connectivity index (χ4v) is 3.71. The highest BCUT2D eigenvalue weighted by Crippen LogP contribution is 2.26. The molecule has 1 N–H and O–H groups in total. The van der Waals surface area contributed by atoms with E-state index in [1.807, 2.05) is 19.9 Å². The molecule has 0 bridgehead atoms. The molecule has 2 aromatic carbocycles. The summed E-state index contributed by atoms with van der Waals surface area (Å²) in [7, 11) is 0. The van der Waals surface area contributed by atoms with Crippen molar-refractivity contribution in [1.29, 1.82) is 0 Å². The molecule has 0 aliphatic carbocycles. The van der Waals surface area contributed by atoms with Gasteiger partial charge in [0, 0.05) is 16.0 Å². The van der Waals surface area contributed by atoms with E-state index in [4.69, 9.17) is 4.42 Å². The molecule has 4 aromatic rings. The normalized spacial score (nSPS) is 12.5. The fourth-order valence-electron chi connectivity index (χ4n) is 3.35. The fraction of sp³-hybridized carbons (Fsp3) is 0.167. The molecule has 0 aliphatic heterocycles. The highest BCUT2D eigenvalue weighted by molar-refractivity contribution is 9.10. The van der Waals surface area contributed by atoms with E-state index in [-0.39, 0.29) is 17.0 Å². The number of rotatable bonds is 6. The molecular formula is C24H20BrN3O4. The van der Waals surface area contributed by atoms with Crippen LogP contribution in [0.3, 0.4) is 0 Å². The molecule has 7 nitrogen and oxygen atoms in total. The third-order valence-corrected chi connectivity index (χ3v) is 5.73. The van der Waals surface area contributed by atoms with Gasteiger partial charge in [-0.25, -0.2) is 9.78 Å². The second kappa shape index (κ2) is 8.92. The number of halogens is 1. The van der Waals surface area contributed by atoms with E-state index in [0.29, 0.717) is 33.8 Å². The Hall–Kier alpha value is -3.52. The zero-order valence-corrected chi connectivity index (χ0v) is 19.0. The lowest BCUT2D eigenvalue weighted by Crippen LogP contribution is -2.23. The van der Waals surface area contributed by atoms with Crippen molar-refractivity contribution < 1.29 is 14.3 Å². The first-order chi connectivity index (χ1) is 15.4. The number of carbonyl (C=O) groups is 1. The molecule has 162 valence electrons. The van der Waals surface area contributed by atoms with E-state index >= 15 is 0 Å². The molecule has 0 saturated carbocycles. The Labute approximate surface area is 192 Å². The third-order valence-electron chi connectivity index (χ3n) is 5.24. The van der Waals surface area contributed by atoms with Crippen LogP contribution >= 0.6 is 15.9 Å². The first-order valence-electron chi connectivity index (χ1n) is 10.1. The number of aromatic carboxylic acids is 1. The van der Waals surface area contributed by atoms with Gasteiger partial charge in [0.2, 0.25) is 0 Å². The number of hydrogen-bond donors (Lipinski definition) is 1. The summed E-state index contributed by atoms with van der Waals surface area (Å²) in [5.74, 6) is 0.329. The molecule has 0 saturated heterocycles. The highest BCUT2D eigenvalue weighted by Gasteiger charge is 2.16. The Morgan fingerprint density at radius 2 is 2.03 bits per heavy atom. The van der Waals surface area contributed by atoms with E-state index in [0.717, 1.165) is 10.9 Å². The molecule has 0 amide bonds. The van der Waals surface area contributed by atoms with Crippen molar-refractivity contribution in [3.8, 4) is 11.3 Å². The smallest absolute Gasteiger partial charge is 0.336 e. The lowest BCUT2D eigenvalue weighted by Gasteiger charge is -2.13. The van der Waals surface area contributed by atoms with Gasteiger partial charge in [0.05, 0.1) is 22.7 Å². The number of carboxylic acid groups (broad SMARTS) is 1. The van der Waals surface area contributed by atoms with Crippen LogP contribution in [0.2, 0.25) is 0 Å². The number of nitrogens with zero attached hydrogens (tertiary/aromatic N) is 3. The minimum absolute atomic E-state index is 0.0162. The van der Waals surface area contributed by atoms with Crippen LogP contribution in [0.5, 0.6) is 0 Å². The number of furan rings is 1. The van der Waals surface area contributed by atoms with Crippen molar-refractivity contribution in [2.75, 3.05) is 0 Å². The standard InChI is InChI=1S/C24H20BrN3O4/c1-3-14(2)22-27-20-10-8-15(25)12-19(20)23(29)28(22)26-13-16-9-11-21(32-16)17-6-4-5-7-18(17)24(30)31/h4-14H,3H2,1-2H3,(H,30,31)/t14-/m0/s1. The van der Waals surface area contributed by atoms with E-state index in [1.54, 1.807) is 42.5 Å². The lowest BCUT2D eigenvalue weighted by atomic mass is 10.1.